The normalized spacial score (nSPS) is 19.9. The molecule has 0 radical (unpaired) electrons. The summed E-state index contributed by atoms with van der Waals surface area (Å²) in [6.07, 6.45) is 0. The zero-order chi connectivity index (χ0) is 10.1. The van der Waals surface area contributed by atoms with Gasteiger partial charge in [-0.25, -0.2) is 0 Å². The lowest BCUT2D eigenvalue weighted by Gasteiger charge is -2.23. The molecule has 1 aliphatic rings. The molecule has 1 aliphatic heterocycles. The van der Waals surface area contributed by atoms with Crippen LogP contribution in [0.3, 0.4) is 0 Å². The summed E-state index contributed by atoms with van der Waals surface area (Å²) in [7, 11) is 0. The van der Waals surface area contributed by atoms with Gasteiger partial charge < -0.3 is 5.32 Å². The summed E-state index contributed by atoms with van der Waals surface area (Å²) in [5.74, 6) is 0.543. The van der Waals surface area contributed by atoms with Gasteiger partial charge in [0.25, 0.3) is 0 Å². The van der Waals surface area contributed by atoms with Crippen molar-refractivity contribution >= 4 is 11.3 Å². The molecule has 1 aromatic carbocycles. The van der Waals surface area contributed by atoms with E-state index in [9.17, 15) is 0 Å². The van der Waals surface area contributed by atoms with Gasteiger partial charge in [0.05, 0.1) is 0 Å². The average Bonchev–Trinajstić information content (AvgIpc) is 2.78. The fourth-order valence-corrected chi connectivity index (χ4v) is 3.14. The highest BCUT2D eigenvalue weighted by Crippen LogP contribution is 2.32. The highest BCUT2D eigenvalue weighted by atomic mass is 32.1. The van der Waals surface area contributed by atoms with Crippen LogP contribution in [0.4, 0.5) is 0 Å². The summed E-state index contributed by atoms with van der Waals surface area (Å²) < 4.78 is 0. The first-order chi connectivity index (χ1) is 7.45. The molecule has 0 saturated carbocycles. The van der Waals surface area contributed by atoms with Gasteiger partial charge in [0.15, 0.2) is 0 Å². The third-order valence-electron chi connectivity index (χ3n) is 2.99. The van der Waals surface area contributed by atoms with Crippen molar-refractivity contribution in [1.82, 2.24) is 5.32 Å². The lowest BCUT2D eigenvalue weighted by atomic mass is 9.89. The molecule has 1 aromatic heterocycles. The van der Waals surface area contributed by atoms with E-state index in [1.54, 1.807) is 0 Å². The highest BCUT2D eigenvalue weighted by molar-refractivity contribution is 7.10. The van der Waals surface area contributed by atoms with Gasteiger partial charge in [0, 0.05) is 23.9 Å². The second-order valence-electron chi connectivity index (χ2n) is 3.89. The van der Waals surface area contributed by atoms with Crippen molar-refractivity contribution in [3.8, 4) is 0 Å². The second-order valence-corrected chi connectivity index (χ2v) is 4.89. The first kappa shape index (κ1) is 9.13. The van der Waals surface area contributed by atoms with Crippen LogP contribution >= 0.6 is 11.3 Å². The maximum atomic E-state index is 3.49. The molecule has 3 rings (SSSR count). The standard InChI is InChI=1S/C13H13NS/c1-2-4-10(5-3-1)12-8-14-9-13-11(12)6-7-15-13/h1-7,12,14H,8-9H2. The zero-order valence-corrected chi connectivity index (χ0v) is 9.26. The van der Waals surface area contributed by atoms with Crippen LogP contribution in [0.2, 0.25) is 0 Å². The number of nitrogens with one attached hydrogen (secondary N) is 1. The van der Waals surface area contributed by atoms with Crippen molar-refractivity contribution in [2.75, 3.05) is 6.54 Å². The molecular formula is C13H13NS. The third kappa shape index (κ3) is 1.60. The molecule has 1 nitrogen and oxygen atoms in total. The maximum Gasteiger partial charge on any atom is 0.0303 e. The zero-order valence-electron chi connectivity index (χ0n) is 8.44. The van der Waals surface area contributed by atoms with Crippen LogP contribution in [0.1, 0.15) is 21.9 Å². The Morgan fingerprint density at radius 1 is 1.13 bits per heavy atom. The number of benzene rings is 1. The molecule has 0 bridgehead atoms. The van der Waals surface area contributed by atoms with Gasteiger partial charge in [-0.3, -0.25) is 0 Å². The Hall–Kier alpha value is -1.12. The number of hydrogen-bond donors (Lipinski definition) is 1. The van der Waals surface area contributed by atoms with Gasteiger partial charge in [-0.15, -0.1) is 11.3 Å². The minimum atomic E-state index is 0.543. The third-order valence-corrected chi connectivity index (χ3v) is 3.93. The Morgan fingerprint density at radius 2 is 2.00 bits per heavy atom. The number of hydrogen-bond acceptors (Lipinski definition) is 2. The Morgan fingerprint density at radius 3 is 2.87 bits per heavy atom. The van der Waals surface area contributed by atoms with Crippen LogP contribution in [-0.2, 0) is 6.54 Å². The lowest BCUT2D eigenvalue weighted by molar-refractivity contribution is 0.600. The van der Waals surface area contributed by atoms with Crippen molar-refractivity contribution in [2.45, 2.75) is 12.5 Å². The summed E-state index contributed by atoms with van der Waals surface area (Å²) in [4.78, 5) is 1.50. The molecule has 0 fully saturated rings. The maximum absolute atomic E-state index is 3.49. The molecule has 15 heavy (non-hydrogen) atoms. The lowest BCUT2D eigenvalue weighted by Crippen LogP contribution is -2.27. The predicted molar refractivity (Wildman–Crippen MR) is 64.3 cm³/mol. The fourth-order valence-electron chi connectivity index (χ4n) is 2.23. The molecule has 76 valence electrons. The van der Waals surface area contributed by atoms with Gasteiger partial charge in [-0.1, -0.05) is 30.3 Å². The molecule has 1 unspecified atom stereocenters. The minimum absolute atomic E-state index is 0.543. The van der Waals surface area contributed by atoms with Crippen LogP contribution < -0.4 is 5.32 Å². The Bertz CT molecular complexity index is 447. The van der Waals surface area contributed by atoms with Crippen molar-refractivity contribution in [3.63, 3.8) is 0 Å². The van der Waals surface area contributed by atoms with Crippen molar-refractivity contribution < 1.29 is 0 Å². The van der Waals surface area contributed by atoms with Crippen molar-refractivity contribution in [2.24, 2.45) is 0 Å². The largest absolute Gasteiger partial charge is 0.311 e. The first-order valence-electron chi connectivity index (χ1n) is 5.27. The summed E-state index contributed by atoms with van der Waals surface area (Å²) in [5.41, 5.74) is 2.94. The first-order valence-corrected chi connectivity index (χ1v) is 6.15. The molecule has 2 heteroatoms. The van der Waals surface area contributed by atoms with Crippen molar-refractivity contribution in [3.05, 3.63) is 57.8 Å². The summed E-state index contributed by atoms with van der Waals surface area (Å²) in [6, 6.07) is 13.0. The highest BCUT2D eigenvalue weighted by Gasteiger charge is 2.21. The smallest absolute Gasteiger partial charge is 0.0303 e. The van der Waals surface area contributed by atoms with Gasteiger partial charge in [-0.05, 0) is 22.6 Å². The number of thiophene rings is 1. The number of rotatable bonds is 1. The molecule has 0 amide bonds. The van der Waals surface area contributed by atoms with E-state index in [1.165, 1.54) is 16.0 Å². The van der Waals surface area contributed by atoms with E-state index in [0.29, 0.717) is 5.92 Å². The van der Waals surface area contributed by atoms with E-state index >= 15 is 0 Å². The summed E-state index contributed by atoms with van der Waals surface area (Å²) in [5, 5.41) is 5.69. The molecule has 0 spiro atoms. The SMILES string of the molecule is c1ccc(C2CNCc3sccc32)cc1. The Labute approximate surface area is 93.8 Å². The predicted octanol–water partition coefficient (Wildman–Crippen LogP) is 2.98. The monoisotopic (exact) mass is 215 g/mol. The van der Waals surface area contributed by atoms with E-state index in [1.807, 2.05) is 11.3 Å². The second kappa shape index (κ2) is 3.80. The van der Waals surface area contributed by atoms with Gasteiger partial charge in [-0.2, -0.15) is 0 Å². The van der Waals surface area contributed by atoms with Crippen LogP contribution in [0.5, 0.6) is 0 Å². The van der Waals surface area contributed by atoms with E-state index in [2.05, 4.69) is 47.1 Å². The van der Waals surface area contributed by atoms with Gasteiger partial charge >= 0.3 is 0 Å². The Kier molecular flexibility index (Phi) is 2.31. The van der Waals surface area contributed by atoms with Crippen LogP contribution in [0.15, 0.2) is 41.8 Å². The van der Waals surface area contributed by atoms with E-state index in [-0.39, 0.29) is 0 Å². The van der Waals surface area contributed by atoms with Crippen LogP contribution in [0.25, 0.3) is 0 Å². The molecule has 1 atom stereocenters. The topological polar surface area (TPSA) is 12.0 Å². The molecular weight excluding hydrogens is 202 g/mol. The molecule has 0 aliphatic carbocycles. The molecule has 2 aromatic rings. The molecule has 1 N–H and O–H groups in total. The van der Waals surface area contributed by atoms with E-state index < -0.39 is 0 Å². The summed E-state index contributed by atoms with van der Waals surface area (Å²) in [6.45, 7) is 2.10. The van der Waals surface area contributed by atoms with Gasteiger partial charge in [0.2, 0.25) is 0 Å². The quantitative estimate of drug-likeness (QED) is 0.771. The summed E-state index contributed by atoms with van der Waals surface area (Å²) >= 11 is 1.86. The number of fused-ring (bicyclic) bond motifs is 1. The van der Waals surface area contributed by atoms with E-state index in [4.69, 9.17) is 0 Å². The molecule has 2 heterocycles. The average molecular weight is 215 g/mol. The molecule has 0 saturated heterocycles. The van der Waals surface area contributed by atoms with Crippen molar-refractivity contribution in [1.29, 1.82) is 0 Å². The van der Waals surface area contributed by atoms with Crippen LogP contribution in [0, 0.1) is 0 Å². The minimum Gasteiger partial charge on any atom is -0.311 e. The Balaban J connectivity index is 2.03. The fraction of sp³-hybridized carbons (Fsp3) is 0.231. The van der Waals surface area contributed by atoms with Crippen LogP contribution in [-0.4, -0.2) is 6.54 Å². The van der Waals surface area contributed by atoms with Gasteiger partial charge in [0.1, 0.15) is 0 Å². The van der Waals surface area contributed by atoms with E-state index in [0.717, 1.165) is 13.1 Å².